The van der Waals surface area contributed by atoms with Gasteiger partial charge in [-0.2, -0.15) is 13.2 Å². The van der Waals surface area contributed by atoms with Crippen molar-refractivity contribution < 1.29 is 22.3 Å². The molecule has 0 saturated carbocycles. The Kier molecular flexibility index (Phi) is 5.29. The lowest BCUT2D eigenvalue weighted by molar-refractivity contribution is -0.187. The zero-order chi connectivity index (χ0) is 17.0. The highest BCUT2D eigenvalue weighted by molar-refractivity contribution is 5.32. The van der Waals surface area contributed by atoms with Gasteiger partial charge in [0.2, 0.25) is 5.82 Å². The molecule has 0 saturated heterocycles. The maximum absolute atomic E-state index is 14.1. The van der Waals surface area contributed by atoms with Crippen LogP contribution in [0.2, 0.25) is 0 Å². The molecule has 0 heterocycles. The van der Waals surface area contributed by atoms with E-state index in [2.05, 4.69) is 4.74 Å². The van der Waals surface area contributed by atoms with E-state index in [0.29, 0.717) is 0 Å². The van der Waals surface area contributed by atoms with Crippen LogP contribution in [-0.2, 0) is 19.0 Å². The summed E-state index contributed by atoms with van der Waals surface area (Å²) in [6, 6.07) is 7.89. The van der Waals surface area contributed by atoms with E-state index < -0.39 is 29.1 Å². The highest BCUT2D eigenvalue weighted by Crippen LogP contribution is 2.34. The molecule has 23 heavy (non-hydrogen) atoms. The lowest BCUT2D eigenvalue weighted by Crippen LogP contribution is -2.22. The summed E-state index contributed by atoms with van der Waals surface area (Å²) in [6.45, 7) is 3.63. The van der Waals surface area contributed by atoms with Crippen molar-refractivity contribution in [1.82, 2.24) is 0 Å². The first-order valence-corrected chi connectivity index (χ1v) is 7.52. The minimum atomic E-state index is -3.74. The van der Waals surface area contributed by atoms with Crippen molar-refractivity contribution >= 4 is 0 Å². The summed E-state index contributed by atoms with van der Waals surface area (Å²) in [5.74, 6) is -3.35. The molecule has 2 aromatic rings. The standard InChI is InChI=1S/C18H18F4O/c1-3-5-12-6-9-14(10-7-12)18(21,22)23-15-11-8-13(4-2)16(19)17(15)20/h6-11H,3-5H2,1-2H3. The second-order valence-corrected chi connectivity index (χ2v) is 5.27. The fourth-order valence-corrected chi connectivity index (χ4v) is 2.27. The maximum Gasteiger partial charge on any atom is 0.426 e. The van der Waals surface area contributed by atoms with Crippen LogP contribution < -0.4 is 4.74 Å². The van der Waals surface area contributed by atoms with Gasteiger partial charge in [0.25, 0.3) is 0 Å². The molecule has 0 spiro atoms. The van der Waals surface area contributed by atoms with Gasteiger partial charge in [0.05, 0.1) is 5.56 Å². The van der Waals surface area contributed by atoms with Crippen molar-refractivity contribution in [2.75, 3.05) is 0 Å². The van der Waals surface area contributed by atoms with Gasteiger partial charge in [0.15, 0.2) is 11.6 Å². The number of alkyl halides is 2. The fourth-order valence-electron chi connectivity index (χ4n) is 2.27. The zero-order valence-corrected chi connectivity index (χ0v) is 13.0. The normalized spacial score (nSPS) is 11.6. The fraction of sp³-hybridized carbons (Fsp3) is 0.333. The molecular weight excluding hydrogens is 308 g/mol. The van der Waals surface area contributed by atoms with Crippen LogP contribution >= 0.6 is 0 Å². The van der Waals surface area contributed by atoms with Crippen LogP contribution in [0.1, 0.15) is 37.0 Å². The van der Waals surface area contributed by atoms with Gasteiger partial charge in [0, 0.05) is 0 Å². The third kappa shape index (κ3) is 3.84. The lowest BCUT2D eigenvalue weighted by atomic mass is 10.1. The number of ether oxygens (including phenoxy) is 1. The van der Waals surface area contributed by atoms with Crippen LogP contribution in [0, 0.1) is 11.6 Å². The Morgan fingerprint density at radius 3 is 2.13 bits per heavy atom. The van der Waals surface area contributed by atoms with Crippen LogP contribution in [0.25, 0.3) is 0 Å². The largest absolute Gasteiger partial charge is 0.426 e. The molecule has 0 unspecified atom stereocenters. The summed E-state index contributed by atoms with van der Waals surface area (Å²) in [6.07, 6.45) is -1.80. The van der Waals surface area contributed by atoms with E-state index in [-0.39, 0.29) is 12.0 Å². The maximum atomic E-state index is 14.1. The average molecular weight is 326 g/mol. The average Bonchev–Trinajstić information content (AvgIpc) is 2.53. The van der Waals surface area contributed by atoms with Gasteiger partial charge in [-0.1, -0.05) is 38.5 Å². The van der Waals surface area contributed by atoms with Crippen LogP contribution in [0.4, 0.5) is 17.6 Å². The Morgan fingerprint density at radius 1 is 0.913 bits per heavy atom. The molecule has 2 rings (SSSR count). The van der Waals surface area contributed by atoms with E-state index in [1.807, 2.05) is 6.92 Å². The number of hydrogen-bond acceptors (Lipinski definition) is 1. The molecule has 0 aliphatic rings. The summed E-state index contributed by atoms with van der Waals surface area (Å²) in [5.41, 5.74) is 0.635. The number of halogens is 4. The van der Waals surface area contributed by atoms with Gasteiger partial charge < -0.3 is 4.74 Å². The lowest BCUT2D eigenvalue weighted by Gasteiger charge is -2.19. The minimum absolute atomic E-state index is 0.113. The molecule has 0 fully saturated rings. The van der Waals surface area contributed by atoms with Crippen LogP contribution in [-0.4, -0.2) is 0 Å². The monoisotopic (exact) mass is 326 g/mol. The molecule has 124 valence electrons. The van der Waals surface area contributed by atoms with Gasteiger partial charge in [-0.25, -0.2) is 4.39 Å². The topological polar surface area (TPSA) is 9.23 Å². The second-order valence-electron chi connectivity index (χ2n) is 5.27. The number of benzene rings is 2. The summed E-state index contributed by atoms with van der Waals surface area (Å²) in [5, 5.41) is 0. The van der Waals surface area contributed by atoms with Crippen LogP contribution in [0.15, 0.2) is 36.4 Å². The van der Waals surface area contributed by atoms with Crippen LogP contribution in [0.5, 0.6) is 5.75 Å². The Morgan fingerprint density at radius 2 is 1.57 bits per heavy atom. The molecule has 0 atom stereocenters. The molecule has 0 amide bonds. The molecular formula is C18H18F4O. The first kappa shape index (κ1) is 17.3. The van der Waals surface area contributed by atoms with E-state index in [1.54, 1.807) is 19.1 Å². The van der Waals surface area contributed by atoms with Crippen molar-refractivity contribution in [1.29, 1.82) is 0 Å². The number of rotatable bonds is 6. The van der Waals surface area contributed by atoms with E-state index in [9.17, 15) is 17.6 Å². The van der Waals surface area contributed by atoms with E-state index in [0.717, 1.165) is 24.5 Å². The van der Waals surface area contributed by atoms with Crippen molar-refractivity contribution in [2.24, 2.45) is 0 Å². The molecule has 0 bridgehead atoms. The van der Waals surface area contributed by atoms with Crippen molar-refractivity contribution in [3.05, 3.63) is 64.7 Å². The smallest absolute Gasteiger partial charge is 0.426 e. The molecule has 1 nitrogen and oxygen atoms in total. The Labute approximate surface area is 132 Å². The molecule has 0 radical (unpaired) electrons. The predicted molar refractivity (Wildman–Crippen MR) is 80.7 cm³/mol. The molecule has 0 aliphatic carbocycles. The Bertz CT molecular complexity index is 665. The van der Waals surface area contributed by atoms with Gasteiger partial charge >= 0.3 is 6.11 Å². The first-order valence-electron chi connectivity index (χ1n) is 7.52. The third-order valence-electron chi connectivity index (χ3n) is 3.57. The molecule has 0 N–H and O–H groups in total. The first-order chi connectivity index (χ1) is 10.9. The number of hydrogen-bond donors (Lipinski definition) is 0. The third-order valence-corrected chi connectivity index (χ3v) is 3.57. The summed E-state index contributed by atoms with van der Waals surface area (Å²) < 4.78 is 60.2. The SMILES string of the molecule is CCCc1ccc(C(F)(F)Oc2ccc(CC)c(F)c2F)cc1. The summed E-state index contributed by atoms with van der Waals surface area (Å²) in [4.78, 5) is 0. The van der Waals surface area contributed by atoms with Crippen molar-refractivity contribution in [3.63, 3.8) is 0 Å². The zero-order valence-electron chi connectivity index (χ0n) is 13.0. The van der Waals surface area contributed by atoms with Gasteiger partial charge in [-0.05, 0) is 42.2 Å². The Balaban J connectivity index is 2.25. The van der Waals surface area contributed by atoms with Crippen LogP contribution in [0.3, 0.4) is 0 Å². The number of aryl methyl sites for hydroxylation is 2. The second kappa shape index (κ2) is 7.02. The quantitative estimate of drug-likeness (QED) is 0.627. The van der Waals surface area contributed by atoms with Gasteiger partial charge in [-0.3, -0.25) is 0 Å². The summed E-state index contributed by atoms with van der Waals surface area (Å²) in [7, 11) is 0. The molecule has 0 aliphatic heterocycles. The van der Waals surface area contributed by atoms with Gasteiger partial charge in [-0.15, -0.1) is 0 Å². The minimum Gasteiger partial charge on any atom is -0.426 e. The molecule has 0 aromatic heterocycles. The Hall–Kier alpha value is -2.04. The highest BCUT2D eigenvalue weighted by atomic mass is 19.3. The predicted octanol–water partition coefficient (Wildman–Crippen LogP) is 5.61. The van der Waals surface area contributed by atoms with Gasteiger partial charge in [0.1, 0.15) is 0 Å². The molecule has 2 aromatic carbocycles. The van der Waals surface area contributed by atoms with E-state index in [4.69, 9.17) is 0 Å². The van der Waals surface area contributed by atoms with Crippen molar-refractivity contribution in [2.45, 2.75) is 39.2 Å². The van der Waals surface area contributed by atoms with Crippen molar-refractivity contribution in [3.8, 4) is 5.75 Å². The highest BCUT2D eigenvalue weighted by Gasteiger charge is 2.36. The molecule has 5 heteroatoms. The van der Waals surface area contributed by atoms with E-state index >= 15 is 0 Å². The van der Waals surface area contributed by atoms with E-state index in [1.165, 1.54) is 18.2 Å². The summed E-state index contributed by atoms with van der Waals surface area (Å²) >= 11 is 0.